The summed E-state index contributed by atoms with van der Waals surface area (Å²) in [7, 11) is 0. The molecule has 0 unspecified atom stereocenters. The Morgan fingerprint density at radius 1 is 1.45 bits per heavy atom. The predicted molar refractivity (Wildman–Crippen MR) is 80.8 cm³/mol. The number of hydrogen-bond donors (Lipinski definition) is 2. The lowest BCUT2D eigenvalue weighted by molar-refractivity contribution is -0.148. The highest BCUT2D eigenvalue weighted by atomic mass is 19.1. The lowest BCUT2D eigenvalue weighted by atomic mass is 9.93. The highest BCUT2D eigenvalue weighted by molar-refractivity contribution is 5.88. The average Bonchev–Trinajstić information content (AvgIpc) is 3.29. The molecule has 5 heteroatoms. The first-order valence-corrected chi connectivity index (χ1v) is 7.63. The van der Waals surface area contributed by atoms with Crippen LogP contribution in [0.25, 0.3) is 0 Å². The molecule has 0 saturated heterocycles. The molecule has 2 N–H and O–H groups in total. The number of carboxylic acid groups (broad SMARTS) is 1. The van der Waals surface area contributed by atoms with Crippen LogP contribution in [0.4, 0.5) is 4.39 Å². The van der Waals surface area contributed by atoms with E-state index in [-0.39, 0.29) is 23.6 Å². The highest BCUT2D eigenvalue weighted by Gasteiger charge is 2.48. The minimum absolute atomic E-state index is 0.0179. The molecule has 1 fully saturated rings. The van der Waals surface area contributed by atoms with Gasteiger partial charge in [0.2, 0.25) is 5.91 Å². The number of aryl methyl sites for hydroxylation is 1. The molecule has 0 heterocycles. The third kappa shape index (κ3) is 3.84. The SMILES string of the molecule is C[C@H](CCc1cccc(F)c1)C(=O)N[C@@](C)(C(=O)O)C1CC1. The molecular formula is C17H22FNO3. The van der Waals surface area contributed by atoms with Crippen LogP contribution in [0.3, 0.4) is 0 Å². The van der Waals surface area contributed by atoms with E-state index >= 15 is 0 Å². The number of amides is 1. The molecule has 4 nitrogen and oxygen atoms in total. The summed E-state index contributed by atoms with van der Waals surface area (Å²) in [5.41, 5.74) is -0.340. The first-order chi connectivity index (χ1) is 10.3. The lowest BCUT2D eigenvalue weighted by Gasteiger charge is -2.27. The van der Waals surface area contributed by atoms with Gasteiger partial charge < -0.3 is 10.4 Å². The quantitative estimate of drug-likeness (QED) is 0.814. The van der Waals surface area contributed by atoms with Gasteiger partial charge in [0.1, 0.15) is 11.4 Å². The number of hydrogen-bond acceptors (Lipinski definition) is 2. The molecular weight excluding hydrogens is 285 g/mol. The van der Waals surface area contributed by atoms with E-state index in [1.54, 1.807) is 19.9 Å². The van der Waals surface area contributed by atoms with Gasteiger partial charge in [0.05, 0.1) is 0 Å². The third-order valence-electron chi connectivity index (χ3n) is 4.42. The van der Waals surface area contributed by atoms with Crippen molar-refractivity contribution in [3.8, 4) is 0 Å². The van der Waals surface area contributed by atoms with E-state index in [0.717, 1.165) is 18.4 Å². The van der Waals surface area contributed by atoms with Crippen LogP contribution in [0.5, 0.6) is 0 Å². The molecule has 1 aliphatic carbocycles. The van der Waals surface area contributed by atoms with Crippen LogP contribution < -0.4 is 5.32 Å². The standard InChI is InChI=1S/C17H22FNO3/c1-11(6-7-12-4-3-5-14(18)10-12)15(20)19-17(2,16(21)22)13-8-9-13/h3-5,10-11,13H,6-9H2,1-2H3,(H,19,20)(H,21,22)/t11-,17-/m1/s1. The summed E-state index contributed by atoms with van der Waals surface area (Å²) in [5, 5.41) is 12.0. The monoisotopic (exact) mass is 307 g/mol. The van der Waals surface area contributed by atoms with Crippen molar-refractivity contribution in [2.45, 2.75) is 45.1 Å². The number of carboxylic acids is 1. The van der Waals surface area contributed by atoms with Gasteiger partial charge in [0.25, 0.3) is 0 Å². The predicted octanol–water partition coefficient (Wildman–Crippen LogP) is 2.76. The zero-order valence-electron chi connectivity index (χ0n) is 12.9. The summed E-state index contributed by atoms with van der Waals surface area (Å²) in [6, 6.07) is 6.30. The Morgan fingerprint density at radius 3 is 2.68 bits per heavy atom. The minimum atomic E-state index is -1.18. The molecule has 1 aromatic carbocycles. The fourth-order valence-corrected chi connectivity index (χ4v) is 2.58. The molecule has 2 atom stereocenters. The van der Waals surface area contributed by atoms with Crippen LogP contribution in [0.15, 0.2) is 24.3 Å². The Hall–Kier alpha value is -1.91. The van der Waals surface area contributed by atoms with Crippen LogP contribution >= 0.6 is 0 Å². The second-order valence-corrected chi connectivity index (χ2v) is 6.34. The third-order valence-corrected chi connectivity index (χ3v) is 4.42. The molecule has 120 valence electrons. The number of nitrogens with one attached hydrogen (secondary N) is 1. The van der Waals surface area contributed by atoms with Crippen LogP contribution in [-0.2, 0) is 16.0 Å². The largest absolute Gasteiger partial charge is 0.480 e. The molecule has 1 aliphatic rings. The maximum Gasteiger partial charge on any atom is 0.329 e. The number of halogens is 1. The second-order valence-electron chi connectivity index (χ2n) is 6.34. The number of carbonyl (C=O) groups is 2. The number of benzene rings is 1. The van der Waals surface area contributed by atoms with Crippen molar-refractivity contribution in [1.29, 1.82) is 0 Å². The van der Waals surface area contributed by atoms with Crippen molar-refractivity contribution in [3.05, 3.63) is 35.6 Å². The minimum Gasteiger partial charge on any atom is -0.480 e. The molecule has 22 heavy (non-hydrogen) atoms. The van der Waals surface area contributed by atoms with Crippen molar-refractivity contribution < 1.29 is 19.1 Å². The molecule has 0 bridgehead atoms. The Bertz CT molecular complexity index is 571. The Kier molecular flexibility index (Phi) is 4.84. The van der Waals surface area contributed by atoms with Crippen molar-refractivity contribution >= 4 is 11.9 Å². The highest BCUT2D eigenvalue weighted by Crippen LogP contribution is 2.39. The lowest BCUT2D eigenvalue weighted by Crippen LogP contribution is -2.55. The van der Waals surface area contributed by atoms with Crippen molar-refractivity contribution in [2.24, 2.45) is 11.8 Å². The fourth-order valence-electron chi connectivity index (χ4n) is 2.58. The molecule has 1 amide bonds. The van der Waals surface area contributed by atoms with Gasteiger partial charge in [-0.3, -0.25) is 4.79 Å². The first kappa shape index (κ1) is 16.5. The molecule has 2 rings (SSSR count). The van der Waals surface area contributed by atoms with Gasteiger partial charge in [-0.15, -0.1) is 0 Å². The van der Waals surface area contributed by atoms with E-state index in [9.17, 15) is 19.1 Å². The molecule has 0 aliphatic heterocycles. The molecule has 0 aromatic heterocycles. The van der Waals surface area contributed by atoms with E-state index < -0.39 is 11.5 Å². The van der Waals surface area contributed by atoms with Gasteiger partial charge >= 0.3 is 5.97 Å². The van der Waals surface area contributed by atoms with Crippen LogP contribution in [0.1, 0.15) is 38.7 Å². The Morgan fingerprint density at radius 2 is 2.14 bits per heavy atom. The summed E-state index contributed by atoms with van der Waals surface area (Å²) in [5.74, 6) is -1.83. The molecule has 0 spiro atoms. The summed E-state index contributed by atoms with van der Waals surface area (Å²) >= 11 is 0. The van der Waals surface area contributed by atoms with Crippen LogP contribution in [0, 0.1) is 17.7 Å². The van der Waals surface area contributed by atoms with Gasteiger partial charge in [-0.1, -0.05) is 19.1 Å². The number of aliphatic carboxylic acids is 1. The summed E-state index contributed by atoms with van der Waals surface area (Å²) < 4.78 is 13.1. The Balaban J connectivity index is 1.90. The van der Waals surface area contributed by atoms with Crippen molar-refractivity contribution in [3.63, 3.8) is 0 Å². The average molecular weight is 307 g/mol. The van der Waals surface area contributed by atoms with E-state index in [2.05, 4.69) is 5.32 Å². The van der Waals surface area contributed by atoms with E-state index in [1.165, 1.54) is 12.1 Å². The van der Waals surface area contributed by atoms with Gasteiger partial charge in [0.15, 0.2) is 0 Å². The maximum atomic E-state index is 13.1. The van der Waals surface area contributed by atoms with Gasteiger partial charge in [-0.2, -0.15) is 0 Å². The van der Waals surface area contributed by atoms with Crippen molar-refractivity contribution in [2.75, 3.05) is 0 Å². The normalized spacial score (nSPS) is 18.3. The van der Waals surface area contributed by atoms with Crippen molar-refractivity contribution in [1.82, 2.24) is 5.32 Å². The number of carbonyl (C=O) groups excluding carboxylic acids is 1. The van der Waals surface area contributed by atoms with Gasteiger partial charge in [-0.25, -0.2) is 9.18 Å². The summed E-state index contributed by atoms with van der Waals surface area (Å²) in [6.45, 7) is 3.34. The van der Waals surface area contributed by atoms with Crippen LogP contribution in [0.2, 0.25) is 0 Å². The second kappa shape index (κ2) is 6.46. The zero-order chi connectivity index (χ0) is 16.3. The topological polar surface area (TPSA) is 66.4 Å². The fraction of sp³-hybridized carbons (Fsp3) is 0.529. The van der Waals surface area contributed by atoms with Crippen LogP contribution in [-0.4, -0.2) is 22.5 Å². The number of rotatable bonds is 7. The van der Waals surface area contributed by atoms with E-state index in [1.807, 2.05) is 6.07 Å². The first-order valence-electron chi connectivity index (χ1n) is 7.63. The molecule has 0 radical (unpaired) electrons. The van der Waals surface area contributed by atoms with E-state index in [0.29, 0.717) is 12.8 Å². The summed E-state index contributed by atoms with van der Waals surface area (Å²) in [4.78, 5) is 23.7. The molecule has 1 aromatic rings. The van der Waals surface area contributed by atoms with Gasteiger partial charge in [-0.05, 0) is 56.2 Å². The molecule has 1 saturated carbocycles. The van der Waals surface area contributed by atoms with Gasteiger partial charge in [0, 0.05) is 5.92 Å². The zero-order valence-corrected chi connectivity index (χ0v) is 12.9. The summed E-state index contributed by atoms with van der Waals surface area (Å²) in [6.07, 6.45) is 2.80. The maximum absolute atomic E-state index is 13.1. The Labute approximate surface area is 129 Å². The smallest absolute Gasteiger partial charge is 0.329 e. The van der Waals surface area contributed by atoms with E-state index in [4.69, 9.17) is 0 Å².